The van der Waals surface area contributed by atoms with Crippen molar-refractivity contribution in [3.8, 4) is 0 Å². The summed E-state index contributed by atoms with van der Waals surface area (Å²) in [5, 5.41) is 3.55. The lowest BCUT2D eigenvalue weighted by Gasteiger charge is -2.34. The van der Waals surface area contributed by atoms with Crippen LogP contribution in [-0.4, -0.2) is 48.9 Å². The maximum atomic E-state index is 12.3. The Kier molecular flexibility index (Phi) is 5.20. The second-order valence-corrected chi connectivity index (χ2v) is 5.82. The number of hydrogen-bond donors (Lipinski definition) is 2. The topological polar surface area (TPSA) is 53.9 Å². The molecule has 6 heteroatoms. The number of benzene rings is 1. The summed E-state index contributed by atoms with van der Waals surface area (Å²) in [6.07, 6.45) is 0. The average molecular weight is 311 g/mol. The number of nitrogens with zero attached hydrogens (tertiary/aromatic N) is 1. The van der Waals surface area contributed by atoms with Crippen LogP contribution in [0.15, 0.2) is 24.3 Å². The predicted octanol–water partition coefficient (Wildman–Crippen LogP) is 0.414. The average Bonchev–Trinajstić information content (AvgIpc) is 2.49. The standard InChI is InChI=1S/C15H20ClN3O2/c1-11(18-7-9-19(10-8-18)12(2)20)15(21)17-14-5-3-13(16)4-6-14/h3-6,11H,7-10H2,1-2H3,(H,17,21)/p+1/t11-/m0/s1. The summed E-state index contributed by atoms with van der Waals surface area (Å²) in [6.45, 7) is 6.53. The van der Waals surface area contributed by atoms with Gasteiger partial charge in [0.05, 0.1) is 26.2 Å². The molecule has 1 saturated heterocycles. The van der Waals surface area contributed by atoms with Crippen LogP contribution in [0.25, 0.3) is 0 Å². The zero-order chi connectivity index (χ0) is 15.4. The molecule has 1 heterocycles. The largest absolute Gasteiger partial charge is 0.332 e. The highest BCUT2D eigenvalue weighted by molar-refractivity contribution is 6.30. The monoisotopic (exact) mass is 310 g/mol. The van der Waals surface area contributed by atoms with Crippen LogP contribution in [0.2, 0.25) is 5.02 Å². The molecule has 2 amide bonds. The van der Waals surface area contributed by atoms with Crippen molar-refractivity contribution < 1.29 is 14.5 Å². The van der Waals surface area contributed by atoms with Gasteiger partial charge >= 0.3 is 0 Å². The molecule has 1 aromatic carbocycles. The molecule has 114 valence electrons. The van der Waals surface area contributed by atoms with Crippen molar-refractivity contribution in [2.45, 2.75) is 19.9 Å². The molecule has 5 nitrogen and oxygen atoms in total. The lowest BCUT2D eigenvalue weighted by atomic mass is 10.2. The summed E-state index contributed by atoms with van der Waals surface area (Å²) in [6, 6.07) is 6.93. The fourth-order valence-corrected chi connectivity index (χ4v) is 2.64. The first-order chi connectivity index (χ1) is 9.97. The van der Waals surface area contributed by atoms with Gasteiger partial charge in [0.2, 0.25) is 5.91 Å². The lowest BCUT2D eigenvalue weighted by molar-refractivity contribution is -0.917. The van der Waals surface area contributed by atoms with E-state index in [1.165, 1.54) is 4.90 Å². The Bertz CT molecular complexity index is 510. The highest BCUT2D eigenvalue weighted by atomic mass is 35.5. The number of nitrogens with one attached hydrogen (secondary N) is 2. The number of carbonyl (C=O) groups excluding carboxylic acids is 2. The third kappa shape index (κ3) is 4.19. The second kappa shape index (κ2) is 6.91. The van der Waals surface area contributed by atoms with E-state index < -0.39 is 0 Å². The molecule has 1 aliphatic heterocycles. The van der Waals surface area contributed by atoms with Gasteiger partial charge in [0.25, 0.3) is 5.91 Å². The number of piperazine rings is 1. The molecule has 0 saturated carbocycles. The van der Waals surface area contributed by atoms with Crippen LogP contribution >= 0.6 is 11.6 Å². The molecular formula is C15H21ClN3O2+. The van der Waals surface area contributed by atoms with Gasteiger partial charge in [-0.15, -0.1) is 0 Å². The van der Waals surface area contributed by atoms with Gasteiger partial charge in [-0.2, -0.15) is 0 Å². The van der Waals surface area contributed by atoms with E-state index in [0.29, 0.717) is 18.1 Å². The van der Waals surface area contributed by atoms with E-state index in [2.05, 4.69) is 5.32 Å². The summed E-state index contributed by atoms with van der Waals surface area (Å²) >= 11 is 5.82. The minimum atomic E-state index is -0.144. The molecule has 0 bridgehead atoms. The molecule has 1 aromatic rings. The number of hydrogen-bond acceptors (Lipinski definition) is 2. The number of carbonyl (C=O) groups is 2. The SMILES string of the molecule is CC(=O)N1CC[NH+]([C@@H](C)C(=O)Nc2ccc(Cl)cc2)CC1. The molecule has 0 unspecified atom stereocenters. The van der Waals surface area contributed by atoms with E-state index in [4.69, 9.17) is 11.6 Å². The molecule has 2 rings (SSSR count). The number of rotatable bonds is 3. The molecule has 1 fully saturated rings. The predicted molar refractivity (Wildman–Crippen MR) is 82.5 cm³/mol. The Balaban J connectivity index is 1.88. The van der Waals surface area contributed by atoms with Crippen molar-refractivity contribution in [1.29, 1.82) is 0 Å². The summed E-state index contributed by atoms with van der Waals surface area (Å²) < 4.78 is 0. The van der Waals surface area contributed by atoms with Gasteiger partial charge in [-0.1, -0.05) is 11.6 Å². The summed E-state index contributed by atoms with van der Waals surface area (Å²) in [5.74, 6) is 0.0934. The van der Waals surface area contributed by atoms with E-state index in [9.17, 15) is 9.59 Å². The Morgan fingerprint density at radius 3 is 2.33 bits per heavy atom. The van der Waals surface area contributed by atoms with Gasteiger partial charge in [0.15, 0.2) is 6.04 Å². The molecule has 2 N–H and O–H groups in total. The van der Waals surface area contributed by atoms with E-state index in [1.54, 1.807) is 31.2 Å². The van der Waals surface area contributed by atoms with Crippen molar-refractivity contribution in [2.75, 3.05) is 31.5 Å². The number of quaternary nitrogens is 1. The number of anilines is 1. The van der Waals surface area contributed by atoms with E-state index in [0.717, 1.165) is 18.8 Å². The number of halogens is 1. The number of amides is 2. The first-order valence-corrected chi connectivity index (χ1v) is 7.51. The molecule has 21 heavy (non-hydrogen) atoms. The van der Waals surface area contributed by atoms with Crippen molar-refractivity contribution >= 4 is 29.1 Å². The zero-order valence-corrected chi connectivity index (χ0v) is 13.1. The minimum Gasteiger partial charge on any atom is -0.332 e. The van der Waals surface area contributed by atoms with Gasteiger partial charge in [0.1, 0.15) is 0 Å². The third-order valence-corrected chi connectivity index (χ3v) is 4.22. The van der Waals surface area contributed by atoms with Gasteiger partial charge in [-0.05, 0) is 31.2 Å². The van der Waals surface area contributed by atoms with Gasteiger partial charge < -0.3 is 15.1 Å². The molecule has 0 aliphatic carbocycles. The van der Waals surface area contributed by atoms with Crippen molar-refractivity contribution in [2.24, 2.45) is 0 Å². The van der Waals surface area contributed by atoms with Gasteiger partial charge in [-0.3, -0.25) is 9.59 Å². The van der Waals surface area contributed by atoms with Crippen LogP contribution in [0, 0.1) is 0 Å². The van der Waals surface area contributed by atoms with Crippen molar-refractivity contribution in [3.63, 3.8) is 0 Å². The summed E-state index contributed by atoms with van der Waals surface area (Å²) in [7, 11) is 0. The molecule has 1 atom stereocenters. The molecule has 1 aliphatic rings. The van der Waals surface area contributed by atoms with Crippen molar-refractivity contribution in [3.05, 3.63) is 29.3 Å². The molecule has 0 spiro atoms. The second-order valence-electron chi connectivity index (χ2n) is 5.38. The first-order valence-electron chi connectivity index (χ1n) is 7.14. The highest BCUT2D eigenvalue weighted by Gasteiger charge is 2.29. The zero-order valence-electron chi connectivity index (χ0n) is 12.4. The van der Waals surface area contributed by atoms with Crippen LogP contribution < -0.4 is 10.2 Å². The summed E-state index contributed by atoms with van der Waals surface area (Å²) in [5.41, 5.74) is 0.748. The Labute approximate surface area is 129 Å². The van der Waals surface area contributed by atoms with Crippen LogP contribution in [0.4, 0.5) is 5.69 Å². The smallest absolute Gasteiger partial charge is 0.282 e. The van der Waals surface area contributed by atoms with Crippen LogP contribution in [-0.2, 0) is 9.59 Å². The van der Waals surface area contributed by atoms with Crippen molar-refractivity contribution in [1.82, 2.24) is 4.90 Å². The maximum Gasteiger partial charge on any atom is 0.282 e. The van der Waals surface area contributed by atoms with Gasteiger partial charge in [0, 0.05) is 17.6 Å². The van der Waals surface area contributed by atoms with E-state index >= 15 is 0 Å². The van der Waals surface area contributed by atoms with E-state index in [1.807, 2.05) is 11.8 Å². The minimum absolute atomic E-state index is 0.0106. The quantitative estimate of drug-likeness (QED) is 0.850. The molecule has 0 aromatic heterocycles. The maximum absolute atomic E-state index is 12.3. The highest BCUT2D eigenvalue weighted by Crippen LogP contribution is 2.13. The van der Waals surface area contributed by atoms with E-state index in [-0.39, 0.29) is 17.9 Å². The first kappa shape index (κ1) is 15.8. The lowest BCUT2D eigenvalue weighted by Crippen LogP contribution is -3.19. The fraction of sp³-hybridized carbons (Fsp3) is 0.467. The Hall–Kier alpha value is -1.59. The Morgan fingerprint density at radius 2 is 1.81 bits per heavy atom. The van der Waals surface area contributed by atoms with Crippen LogP contribution in [0.5, 0.6) is 0 Å². The summed E-state index contributed by atoms with van der Waals surface area (Å²) in [4.78, 5) is 26.6. The normalized spacial score (nSPS) is 17.4. The fourth-order valence-electron chi connectivity index (χ4n) is 2.51. The molecular weight excluding hydrogens is 290 g/mol. The van der Waals surface area contributed by atoms with Gasteiger partial charge in [-0.25, -0.2) is 0 Å². The molecule has 0 radical (unpaired) electrons. The van der Waals surface area contributed by atoms with Crippen LogP contribution in [0.3, 0.4) is 0 Å². The van der Waals surface area contributed by atoms with Crippen LogP contribution in [0.1, 0.15) is 13.8 Å². The Morgan fingerprint density at radius 1 is 1.24 bits per heavy atom. The third-order valence-electron chi connectivity index (χ3n) is 3.97.